The Bertz CT molecular complexity index is 552. The van der Waals surface area contributed by atoms with Crippen molar-refractivity contribution in [2.75, 3.05) is 7.11 Å². The molecule has 0 atom stereocenters. The van der Waals surface area contributed by atoms with Gasteiger partial charge >= 0.3 is 5.97 Å². The van der Waals surface area contributed by atoms with Crippen LogP contribution in [0.1, 0.15) is 31.2 Å². The second-order valence-electron chi connectivity index (χ2n) is 5.18. The Balaban J connectivity index is 2.14. The van der Waals surface area contributed by atoms with E-state index in [9.17, 15) is 18.8 Å². The molecule has 0 aromatic heterocycles. The topological polar surface area (TPSA) is 58.9 Å². The van der Waals surface area contributed by atoms with Gasteiger partial charge in [0.2, 0.25) is 0 Å². The smallest absolute Gasteiger partial charge is 0.308 e. The molecule has 1 aromatic rings. The molecule has 114 valence electrons. The van der Waals surface area contributed by atoms with Crippen molar-refractivity contribution in [3.05, 3.63) is 35.4 Å². The summed E-state index contributed by atoms with van der Waals surface area (Å²) < 4.78 is 31.8. The second-order valence-corrected chi connectivity index (χ2v) is 5.18. The van der Waals surface area contributed by atoms with Crippen LogP contribution in [0, 0.1) is 23.5 Å². The molecule has 0 saturated heterocycles. The number of rotatable bonds is 3. The normalized spacial score (nSPS) is 22.9. The van der Waals surface area contributed by atoms with E-state index in [1.165, 1.54) is 7.11 Å². The largest absolute Gasteiger partial charge is 0.469 e. The molecular weight excluding hydrogens is 280 g/mol. The van der Waals surface area contributed by atoms with Crippen LogP contribution in [0.25, 0.3) is 0 Å². The summed E-state index contributed by atoms with van der Waals surface area (Å²) >= 11 is 0. The van der Waals surface area contributed by atoms with Gasteiger partial charge in [0, 0.05) is 11.5 Å². The van der Waals surface area contributed by atoms with E-state index in [1.54, 1.807) is 0 Å². The molecule has 0 bridgehead atoms. The first-order valence-electron chi connectivity index (χ1n) is 6.82. The van der Waals surface area contributed by atoms with Crippen LogP contribution in [0.3, 0.4) is 0 Å². The predicted octanol–water partition coefficient (Wildman–Crippen LogP) is 3.12. The molecule has 0 heterocycles. The Morgan fingerprint density at radius 2 is 1.86 bits per heavy atom. The van der Waals surface area contributed by atoms with Crippen molar-refractivity contribution in [2.45, 2.75) is 25.7 Å². The molecule has 1 fully saturated rings. The van der Waals surface area contributed by atoms with Gasteiger partial charge in [-0.1, -0.05) is 5.16 Å². The molecule has 0 unspecified atom stereocenters. The molecule has 0 spiro atoms. The first-order valence-corrected chi connectivity index (χ1v) is 6.82. The van der Waals surface area contributed by atoms with Crippen LogP contribution in [0.5, 0.6) is 0 Å². The van der Waals surface area contributed by atoms with E-state index in [2.05, 4.69) is 5.16 Å². The number of benzene rings is 1. The highest BCUT2D eigenvalue weighted by atomic mass is 19.1. The van der Waals surface area contributed by atoms with E-state index in [1.807, 2.05) is 0 Å². The van der Waals surface area contributed by atoms with Gasteiger partial charge in [0.1, 0.15) is 11.6 Å². The summed E-state index contributed by atoms with van der Waals surface area (Å²) in [7, 11) is 1.34. The van der Waals surface area contributed by atoms with Gasteiger partial charge in [-0.3, -0.25) is 4.79 Å². The zero-order chi connectivity index (χ0) is 15.4. The summed E-state index contributed by atoms with van der Waals surface area (Å²) in [5, 5.41) is 12.3. The molecule has 21 heavy (non-hydrogen) atoms. The third-order valence-electron chi connectivity index (χ3n) is 3.96. The van der Waals surface area contributed by atoms with Crippen molar-refractivity contribution in [1.29, 1.82) is 0 Å². The summed E-state index contributed by atoms with van der Waals surface area (Å²) in [5.74, 6) is -1.85. The number of carbonyl (C=O) groups is 1. The highest BCUT2D eigenvalue weighted by molar-refractivity contribution is 6.02. The maximum atomic E-state index is 13.8. The molecular formula is C15H17F2NO3. The van der Waals surface area contributed by atoms with Gasteiger partial charge < -0.3 is 9.94 Å². The van der Waals surface area contributed by atoms with Crippen molar-refractivity contribution >= 4 is 11.7 Å². The molecule has 0 aliphatic heterocycles. The number of methoxy groups -OCH3 is 1. The van der Waals surface area contributed by atoms with Crippen LogP contribution >= 0.6 is 0 Å². The lowest BCUT2D eigenvalue weighted by Crippen LogP contribution is -2.27. The van der Waals surface area contributed by atoms with Crippen LogP contribution in [-0.2, 0) is 9.53 Å². The molecule has 1 aliphatic rings. The van der Waals surface area contributed by atoms with Crippen LogP contribution in [0.2, 0.25) is 0 Å². The number of carbonyl (C=O) groups excluding carboxylic acids is 1. The number of halogens is 2. The van der Waals surface area contributed by atoms with E-state index in [-0.39, 0.29) is 29.1 Å². The lowest BCUT2D eigenvalue weighted by Gasteiger charge is -2.27. The van der Waals surface area contributed by atoms with Crippen LogP contribution < -0.4 is 0 Å². The Morgan fingerprint density at radius 1 is 1.24 bits per heavy atom. The SMILES string of the molecule is COC(=O)[C@H]1CC[C@H](/C(=N/O)c2cc(F)ccc2F)CC1. The van der Waals surface area contributed by atoms with Crippen molar-refractivity contribution in [2.24, 2.45) is 17.0 Å². The molecule has 2 rings (SSSR count). The Morgan fingerprint density at radius 3 is 2.43 bits per heavy atom. The summed E-state index contributed by atoms with van der Waals surface area (Å²) in [6, 6.07) is 3.05. The fourth-order valence-corrected chi connectivity index (χ4v) is 2.82. The number of hydrogen-bond acceptors (Lipinski definition) is 4. The highest BCUT2D eigenvalue weighted by Crippen LogP contribution is 2.32. The zero-order valence-corrected chi connectivity index (χ0v) is 11.7. The summed E-state index contributed by atoms with van der Waals surface area (Å²) in [5.41, 5.74) is 0.106. The lowest BCUT2D eigenvalue weighted by atomic mass is 9.78. The maximum Gasteiger partial charge on any atom is 0.308 e. The van der Waals surface area contributed by atoms with Gasteiger partial charge in [-0.2, -0.15) is 0 Å². The van der Waals surface area contributed by atoms with E-state index in [0.29, 0.717) is 25.7 Å². The van der Waals surface area contributed by atoms with Crippen LogP contribution in [-0.4, -0.2) is 24.0 Å². The average Bonchev–Trinajstić information content (AvgIpc) is 2.51. The van der Waals surface area contributed by atoms with Crippen molar-refractivity contribution in [3.63, 3.8) is 0 Å². The summed E-state index contributed by atoms with van der Waals surface area (Å²) in [6.07, 6.45) is 2.28. The Kier molecular flexibility index (Phi) is 4.88. The highest BCUT2D eigenvalue weighted by Gasteiger charge is 2.31. The molecule has 1 N–H and O–H groups in total. The molecule has 1 aromatic carbocycles. The van der Waals surface area contributed by atoms with Gasteiger partial charge in [-0.05, 0) is 43.9 Å². The number of esters is 1. The molecule has 4 nitrogen and oxygen atoms in total. The second kappa shape index (κ2) is 6.65. The lowest BCUT2D eigenvalue weighted by molar-refractivity contribution is -0.146. The monoisotopic (exact) mass is 297 g/mol. The van der Waals surface area contributed by atoms with Crippen molar-refractivity contribution < 1.29 is 23.5 Å². The molecule has 0 amide bonds. The maximum absolute atomic E-state index is 13.8. The van der Waals surface area contributed by atoms with Crippen molar-refractivity contribution in [1.82, 2.24) is 0 Å². The average molecular weight is 297 g/mol. The fraction of sp³-hybridized carbons (Fsp3) is 0.467. The van der Waals surface area contributed by atoms with Gasteiger partial charge in [0.25, 0.3) is 0 Å². The van der Waals surface area contributed by atoms with Crippen molar-refractivity contribution in [3.8, 4) is 0 Å². The standard InChI is InChI=1S/C15H17F2NO3/c1-21-15(19)10-4-2-9(3-5-10)14(18-20)12-8-11(16)6-7-13(12)17/h6-10,20H,2-5H2,1H3/b18-14-/t9-,10-. The number of hydrogen-bond donors (Lipinski definition) is 1. The van der Waals surface area contributed by atoms with Gasteiger partial charge in [-0.15, -0.1) is 0 Å². The van der Waals surface area contributed by atoms with E-state index < -0.39 is 11.6 Å². The van der Waals surface area contributed by atoms with E-state index in [0.717, 1.165) is 18.2 Å². The first-order chi connectivity index (χ1) is 10.1. The first kappa shape index (κ1) is 15.4. The predicted molar refractivity (Wildman–Crippen MR) is 72.1 cm³/mol. The third kappa shape index (κ3) is 3.37. The minimum atomic E-state index is -0.626. The van der Waals surface area contributed by atoms with E-state index in [4.69, 9.17) is 4.74 Å². The van der Waals surface area contributed by atoms with Gasteiger partial charge in [0.05, 0.1) is 18.7 Å². The zero-order valence-electron chi connectivity index (χ0n) is 11.7. The third-order valence-corrected chi connectivity index (χ3v) is 3.96. The van der Waals surface area contributed by atoms with Crippen LogP contribution in [0.15, 0.2) is 23.4 Å². The minimum absolute atomic E-state index is 0.0287. The van der Waals surface area contributed by atoms with Gasteiger partial charge in [-0.25, -0.2) is 8.78 Å². The van der Waals surface area contributed by atoms with E-state index >= 15 is 0 Å². The number of oxime groups is 1. The molecule has 0 radical (unpaired) electrons. The summed E-state index contributed by atoms with van der Waals surface area (Å²) in [4.78, 5) is 11.5. The quantitative estimate of drug-likeness (QED) is 0.403. The van der Waals surface area contributed by atoms with Crippen LogP contribution in [0.4, 0.5) is 8.78 Å². The number of nitrogens with zero attached hydrogens (tertiary/aromatic N) is 1. The fourth-order valence-electron chi connectivity index (χ4n) is 2.82. The van der Waals surface area contributed by atoms with Gasteiger partial charge in [0.15, 0.2) is 0 Å². The summed E-state index contributed by atoms with van der Waals surface area (Å²) in [6.45, 7) is 0. The molecule has 6 heteroatoms. The Labute approximate surface area is 121 Å². The number of ether oxygens (including phenoxy) is 1. The minimum Gasteiger partial charge on any atom is -0.469 e. The molecule has 1 aliphatic carbocycles. The Hall–Kier alpha value is -1.98. The molecule has 1 saturated carbocycles.